The molecular weight excluding hydrogens is 444 g/mol. The summed E-state index contributed by atoms with van der Waals surface area (Å²) >= 11 is 5.09. The summed E-state index contributed by atoms with van der Waals surface area (Å²) in [5.74, 6) is -1.08. The van der Waals surface area contributed by atoms with Gasteiger partial charge in [-0.15, -0.1) is 11.3 Å². The number of carboxylic acids is 1. The van der Waals surface area contributed by atoms with E-state index in [9.17, 15) is 20.1 Å². The molecule has 4 N–H and O–H groups in total. The van der Waals surface area contributed by atoms with Crippen LogP contribution in [0.15, 0.2) is 40.2 Å². The average Bonchev–Trinajstić information content (AvgIpc) is 3.16. The van der Waals surface area contributed by atoms with Crippen LogP contribution < -0.4 is 0 Å². The molecule has 5 nitrogen and oxygen atoms in total. The number of hydrogen-bond acceptors (Lipinski definition) is 5. The third kappa shape index (κ3) is 7.79. The van der Waals surface area contributed by atoms with Gasteiger partial charge in [-0.3, -0.25) is 4.79 Å². The molecule has 0 saturated heterocycles. The summed E-state index contributed by atoms with van der Waals surface area (Å²) in [6.07, 6.45) is 9.51. The van der Waals surface area contributed by atoms with E-state index < -0.39 is 24.3 Å². The molecule has 0 bridgehead atoms. The number of carboxylic acid groups (broad SMARTS) is 1. The van der Waals surface area contributed by atoms with Crippen molar-refractivity contribution < 1.29 is 25.2 Å². The molecule has 1 aromatic heterocycles. The molecule has 7 heteroatoms. The molecule has 1 aliphatic carbocycles. The predicted molar refractivity (Wildman–Crippen MR) is 114 cm³/mol. The zero-order valence-corrected chi connectivity index (χ0v) is 18.2. The average molecular weight is 473 g/mol. The summed E-state index contributed by atoms with van der Waals surface area (Å²) in [7, 11) is 0. The van der Waals surface area contributed by atoms with Crippen molar-refractivity contribution in [2.24, 2.45) is 11.8 Å². The van der Waals surface area contributed by atoms with Gasteiger partial charge in [0.2, 0.25) is 0 Å². The fourth-order valence-corrected chi connectivity index (χ4v) is 5.08. The van der Waals surface area contributed by atoms with E-state index in [4.69, 9.17) is 5.11 Å². The highest BCUT2D eigenvalue weighted by atomic mass is 79.9. The molecule has 0 aromatic carbocycles. The van der Waals surface area contributed by atoms with Crippen molar-refractivity contribution in [2.45, 2.75) is 63.3 Å². The maximum absolute atomic E-state index is 10.5. The molecular formula is C21H29BrO5S. The van der Waals surface area contributed by atoms with Crippen LogP contribution in [0.2, 0.25) is 0 Å². The highest BCUT2D eigenvalue weighted by molar-refractivity contribution is 9.11. The third-order valence-corrected chi connectivity index (χ3v) is 6.81. The van der Waals surface area contributed by atoms with E-state index in [1.165, 1.54) is 4.88 Å². The number of aryl methyl sites for hydroxylation is 1. The van der Waals surface area contributed by atoms with Crippen molar-refractivity contribution in [1.82, 2.24) is 0 Å². The van der Waals surface area contributed by atoms with Gasteiger partial charge < -0.3 is 20.4 Å². The van der Waals surface area contributed by atoms with Gasteiger partial charge >= 0.3 is 5.97 Å². The summed E-state index contributed by atoms with van der Waals surface area (Å²) in [5.41, 5.74) is 0. The van der Waals surface area contributed by atoms with Gasteiger partial charge in [-0.1, -0.05) is 24.3 Å². The molecule has 1 heterocycles. The molecule has 156 valence electrons. The number of aliphatic carboxylic acids is 1. The van der Waals surface area contributed by atoms with Gasteiger partial charge in [0, 0.05) is 23.6 Å². The quantitative estimate of drug-likeness (QED) is 0.289. The molecule has 0 amide bonds. The first-order valence-corrected chi connectivity index (χ1v) is 11.3. The van der Waals surface area contributed by atoms with Crippen LogP contribution in [0.5, 0.6) is 0 Å². The summed E-state index contributed by atoms with van der Waals surface area (Å²) in [6, 6.07) is 4.04. The SMILES string of the molecule is O=C(O)CCCC=CC[C@H]1C(O)CC(O)[C@@H]1C=CC(O)CCc1ccc(Br)s1. The number of aliphatic hydroxyl groups is 3. The lowest BCUT2D eigenvalue weighted by molar-refractivity contribution is -0.137. The standard InChI is InChI=1S/C21H29BrO5S/c22-20-12-10-15(28-20)9-7-14(23)8-11-17-16(18(24)13-19(17)25)5-3-1-2-4-6-21(26)27/h1,3,8,10-12,14,16-19,23-25H,2,4-7,9,13H2,(H,26,27)/t14?,16-,17-,18?,19?/m1/s1. The summed E-state index contributed by atoms with van der Waals surface area (Å²) < 4.78 is 1.08. The van der Waals surface area contributed by atoms with Crippen LogP contribution in [0, 0.1) is 11.8 Å². The van der Waals surface area contributed by atoms with Gasteiger partial charge in [0.15, 0.2) is 0 Å². The highest BCUT2D eigenvalue weighted by Crippen LogP contribution is 2.36. The Labute approximate surface area is 178 Å². The van der Waals surface area contributed by atoms with E-state index in [-0.39, 0.29) is 18.3 Å². The Kier molecular flexibility index (Phi) is 9.88. The number of rotatable bonds is 11. The molecule has 0 radical (unpaired) electrons. The van der Waals surface area contributed by atoms with Crippen molar-refractivity contribution in [3.63, 3.8) is 0 Å². The second kappa shape index (κ2) is 11.9. The lowest BCUT2D eigenvalue weighted by atomic mass is 9.89. The van der Waals surface area contributed by atoms with E-state index in [2.05, 4.69) is 15.9 Å². The van der Waals surface area contributed by atoms with Crippen LogP contribution in [0.25, 0.3) is 0 Å². The predicted octanol–water partition coefficient (Wildman–Crippen LogP) is 3.92. The maximum atomic E-state index is 10.5. The Morgan fingerprint density at radius 2 is 2.07 bits per heavy atom. The Bertz CT molecular complexity index is 672. The van der Waals surface area contributed by atoms with Crippen LogP contribution >= 0.6 is 27.3 Å². The minimum Gasteiger partial charge on any atom is -0.481 e. The number of thiophene rings is 1. The number of carbonyl (C=O) groups is 1. The normalized spacial score (nSPS) is 26.4. The number of allylic oxidation sites excluding steroid dienone is 2. The zero-order valence-electron chi connectivity index (χ0n) is 15.8. The Hall–Kier alpha value is -0.990. The van der Waals surface area contributed by atoms with Crippen LogP contribution in [0.1, 0.15) is 43.4 Å². The van der Waals surface area contributed by atoms with Gasteiger partial charge in [-0.05, 0) is 66.1 Å². The highest BCUT2D eigenvalue weighted by Gasteiger charge is 2.39. The summed E-state index contributed by atoms with van der Waals surface area (Å²) in [5, 5.41) is 39.4. The first-order valence-electron chi connectivity index (χ1n) is 9.70. The first-order chi connectivity index (χ1) is 13.4. The van der Waals surface area contributed by atoms with Gasteiger partial charge in [0.25, 0.3) is 0 Å². The van der Waals surface area contributed by atoms with Crippen molar-refractivity contribution in [1.29, 1.82) is 0 Å². The summed E-state index contributed by atoms with van der Waals surface area (Å²) in [4.78, 5) is 11.7. The molecule has 2 rings (SSSR count). The monoisotopic (exact) mass is 472 g/mol. The van der Waals surface area contributed by atoms with Crippen LogP contribution in [0.3, 0.4) is 0 Å². The molecule has 5 atom stereocenters. The lowest BCUT2D eigenvalue weighted by Crippen LogP contribution is -2.20. The molecule has 1 aromatic rings. The van der Waals surface area contributed by atoms with Gasteiger partial charge in [-0.2, -0.15) is 0 Å². The summed E-state index contributed by atoms with van der Waals surface area (Å²) in [6.45, 7) is 0. The van der Waals surface area contributed by atoms with E-state index in [1.807, 2.05) is 30.4 Å². The fraction of sp³-hybridized carbons (Fsp3) is 0.571. The molecule has 1 saturated carbocycles. The Morgan fingerprint density at radius 3 is 2.75 bits per heavy atom. The van der Waals surface area contributed by atoms with Crippen molar-refractivity contribution in [3.8, 4) is 0 Å². The first kappa shape index (κ1) is 23.3. The van der Waals surface area contributed by atoms with Crippen LogP contribution in [-0.4, -0.2) is 44.7 Å². The van der Waals surface area contributed by atoms with E-state index in [1.54, 1.807) is 17.4 Å². The topological polar surface area (TPSA) is 98.0 Å². The Balaban J connectivity index is 1.81. The van der Waals surface area contributed by atoms with Crippen LogP contribution in [-0.2, 0) is 11.2 Å². The Morgan fingerprint density at radius 1 is 1.29 bits per heavy atom. The van der Waals surface area contributed by atoms with Crippen molar-refractivity contribution >= 4 is 33.2 Å². The van der Waals surface area contributed by atoms with Gasteiger partial charge in [0.1, 0.15) is 0 Å². The van der Waals surface area contributed by atoms with Crippen LogP contribution in [0.4, 0.5) is 0 Å². The fourth-order valence-electron chi connectivity index (χ4n) is 3.58. The number of hydrogen-bond donors (Lipinski definition) is 4. The largest absolute Gasteiger partial charge is 0.481 e. The molecule has 1 fully saturated rings. The minimum absolute atomic E-state index is 0.0950. The molecule has 28 heavy (non-hydrogen) atoms. The number of halogens is 1. The van der Waals surface area contributed by atoms with Crippen molar-refractivity contribution in [3.05, 3.63) is 45.1 Å². The molecule has 1 aliphatic rings. The minimum atomic E-state index is -0.793. The molecule has 0 aliphatic heterocycles. The molecule has 3 unspecified atom stereocenters. The zero-order chi connectivity index (χ0) is 20.5. The smallest absolute Gasteiger partial charge is 0.303 e. The molecule has 0 spiro atoms. The second-order valence-electron chi connectivity index (χ2n) is 7.30. The van der Waals surface area contributed by atoms with Gasteiger partial charge in [0.05, 0.1) is 22.1 Å². The van der Waals surface area contributed by atoms with Crippen molar-refractivity contribution in [2.75, 3.05) is 0 Å². The second-order valence-corrected chi connectivity index (χ2v) is 9.85. The van der Waals surface area contributed by atoms with E-state index in [0.29, 0.717) is 32.1 Å². The maximum Gasteiger partial charge on any atom is 0.303 e. The lowest BCUT2D eigenvalue weighted by Gasteiger charge is -2.19. The van der Waals surface area contributed by atoms with E-state index >= 15 is 0 Å². The van der Waals surface area contributed by atoms with Gasteiger partial charge in [-0.25, -0.2) is 0 Å². The third-order valence-electron chi connectivity index (χ3n) is 5.12. The number of aliphatic hydroxyl groups excluding tert-OH is 3. The van der Waals surface area contributed by atoms with E-state index in [0.717, 1.165) is 10.2 Å². The number of unbranched alkanes of at least 4 members (excludes halogenated alkanes) is 1.